The Morgan fingerprint density at radius 2 is 1.69 bits per heavy atom. The van der Waals surface area contributed by atoms with E-state index in [0.717, 1.165) is 17.0 Å². The zero-order valence-corrected chi connectivity index (χ0v) is 18.5. The van der Waals surface area contributed by atoms with Gasteiger partial charge in [0.1, 0.15) is 12.4 Å². The molecular formula is C25H20Cl2N2O3. The molecule has 5 nitrogen and oxygen atoms in total. The van der Waals surface area contributed by atoms with E-state index in [1.165, 1.54) is 6.21 Å². The van der Waals surface area contributed by atoms with Crippen molar-refractivity contribution in [3.05, 3.63) is 75.8 Å². The van der Waals surface area contributed by atoms with Gasteiger partial charge in [0.05, 0.1) is 18.1 Å². The van der Waals surface area contributed by atoms with Crippen molar-refractivity contribution < 1.29 is 14.3 Å². The average Bonchev–Trinajstić information content (AvgIpc) is 3.57. The fraction of sp³-hybridized carbons (Fsp3) is 0.320. The summed E-state index contributed by atoms with van der Waals surface area (Å²) in [5.74, 6) is 1.24. The van der Waals surface area contributed by atoms with E-state index in [2.05, 4.69) is 17.3 Å². The first kappa shape index (κ1) is 20.0. The maximum atomic E-state index is 13.1. The zero-order valence-electron chi connectivity index (χ0n) is 17.0. The Morgan fingerprint density at radius 3 is 2.38 bits per heavy atom. The zero-order chi connectivity index (χ0) is 22.0. The molecule has 2 amide bonds. The van der Waals surface area contributed by atoms with Gasteiger partial charge in [-0.3, -0.25) is 9.59 Å². The lowest BCUT2D eigenvalue weighted by Gasteiger charge is -2.37. The van der Waals surface area contributed by atoms with E-state index >= 15 is 0 Å². The Kier molecular flexibility index (Phi) is 4.67. The van der Waals surface area contributed by atoms with Gasteiger partial charge in [-0.15, -0.1) is 0 Å². The van der Waals surface area contributed by atoms with Crippen molar-refractivity contribution in [3.63, 3.8) is 0 Å². The van der Waals surface area contributed by atoms with Crippen LogP contribution in [0.3, 0.4) is 0 Å². The van der Waals surface area contributed by atoms with E-state index in [4.69, 9.17) is 27.9 Å². The van der Waals surface area contributed by atoms with Crippen molar-refractivity contribution in [1.29, 1.82) is 0 Å². The minimum absolute atomic E-state index is 0.174. The molecular weight excluding hydrogens is 447 g/mol. The molecule has 7 heteroatoms. The molecule has 0 radical (unpaired) electrons. The van der Waals surface area contributed by atoms with E-state index < -0.39 is 0 Å². The van der Waals surface area contributed by atoms with Crippen molar-refractivity contribution >= 4 is 41.2 Å². The first-order valence-electron chi connectivity index (χ1n) is 10.8. The molecule has 32 heavy (non-hydrogen) atoms. The van der Waals surface area contributed by atoms with Crippen LogP contribution in [-0.2, 0) is 16.2 Å². The SMILES string of the molecule is O=C1[C@@H]2[C@H]3C=C[C@@H]([C@@H]4C[C@H]34)[C@@H]2C(=O)N1/N=C\c1ccccc1OCc1ccc(Cl)cc1Cl. The molecule has 1 saturated heterocycles. The number of hydrogen-bond acceptors (Lipinski definition) is 4. The number of hydrogen-bond donors (Lipinski definition) is 0. The predicted molar refractivity (Wildman–Crippen MR) is 121 cm³/mol. The molecule has 1 heterocycles. The predicted octanol–water partition coefficient (Wildman–Crippen LogP) is 4.96. The van der Waals surface area contributed by atoms with Gasteiger partial charge in [-0.05, 0) is 54.4 Å². The molecule has 2 bridgehead atoms. The average molecular weight is 467 g/mol. The standard InChI is InChI=1S/C25H20Cl2N2O3/c26-15-6-5-14(20(27)9-15)12-32-21-4-2-1-3-13(21)11-28-29-24(30)22-16-7-8-17(19-10-18(16)19)23(22)25(29)31/h1-9,11,16-19,22-23H,10,12H2/b28-11-/t16-,17-,18-,19+,22-,23+/m0/s1. The summed E-state index contributed by atoms with van der Waals surface area (Å²) < 4.78 is 5.95. The van der Waals surface area contributed by atoms with E-state index in [9.17, 15) is 9.59 Å². The molecule has 1 aliphatic heterocycles. The number of allylic oxidation sites excluding steroid dienone is 2. The Bertz CT molecular complexity index is 1160. The molecule has 5 aliphatic rings. The molecule has 0 aromatic heterocycles. The number of ether oxygens (including phenoxy) is 1. The third-order valence-electron chi connectivity index (χ3n) is 7.27. The molecule has 2 aromatic rings. The summed E-state index contributed by atoms with van der Waals surface area (Å²) in [7, 11) is 0. The molecule has 162 valence electrons. The van der Waals surface area contributed by atoms with E-state index in [1.54, 1.807) is 12.1 Å². The quantitative estimate of drug-likeness (QED) is 0.355. The second-order valence-corrected chi connectivity index (χ2v) is 9.79. The number of nitrogens with zero attached hydrogens (tertiary/aromatic N) is 2. The van der Waals surface area contributed by atoms with Crippen LogP contribution in [-0.4, -0.2) is 23.0 Å². The first-order valence-corrected chi connectivity index (χ1v) is 11.5. The summed E-state index contributed by atoms with van der Waals surface area (Å²) in [6.07, 6.45) is 6.98. The molecule has 4 aliphatic carbocycles. The highest BCUT2D eigenvalue weighted by atomic mass is 35.5. The fourth-order valence-corrected chi connectivity index (χ4v) is 6.15. The smallest absolute Gasteiger partial charge is 0.254 e. The van der Waals surface area contributed by atoms with Crippen LogP contribution in [0.4, 0.5) is 0 Å². The number of para-hydroxylation sites is 1. The Morgan fingerprint density at radius 1 is 1.00 bits per heavy atom. The number of imide groups is 1. The van der Waals surface area contributed by atoms with E-state index in [0.29, 0.717) is 33.2 Å². The molecule has 6 atom stereocenters. The number of halogens is 2. The Balaban J connectivity index is 1.21. The van der Waals surface area contributed by atoms with E-state index in [1.807, 2.05) is 30.3 Å². The molecule has 7 rings (SSSR count). The number of hydrazone groups is 1. The molecule has 0 unspecified atom stereocenters. The van der Waals surface area contributed by atoms with Crippen LogP contribution >= 0.6 is 23.2 Å². The fourth-order valence-electron chi connectivity index (χ4n) is 5.69. The summed E-state index contributed by atoms with van der Waals surface area (Å²) in [6.45, 7) is 0.254. The summed E-state index contributed by atoms with van der Waals surface area (Å²) in [4.78, 5) is 26.2. The monoisotopic (exact) mass is 466 g/mol. The van der Waals surface area contributed by atoms with Crippen LogP contribution in [0.15, 0.2) is 59.7 Å². The number of benzene rings is 2. The molecule has 3 fully saturated rings. The van der Waals surface area contributed by atoms with Crippen LogP contribution in [0, 0.1) is 35.5 Å². The van der Waals surface area contributed by atoms with Gasteiger partial charge in [0, 0.05) is 21.2 Å². The second-order valence-electron chi connectivity index (χ2n) is 8.95. The van der Waals surface area contributed by atoms with Crippen molar-refractivity contribution in [2.75, 3.05) is 0 Å². The van der Waals surface area contributed by atoms with Gasteiger partial charge in [0.25, 0.3) is 11.8 Å². The number of carbonyl (C=O) groups is 2. The van der Waals surface area contributed by atoms with Gasteiger partial charge in [-0.25, -0.2) is 0 Å². The normalized spacial score (nSPS) is 31.9. The largest absolute Gasteiger partial charge is 0.488 e. The lowest BCUT2D eigenvalue weighted by molar-refractivity contribution is -0.140. The minimum atomic E-state index is -0.253. The van der Waals surface area contributed by atoms with Crippen molar-refractivity contribution in [2.45, 2.75) is 13.0 Å². The highest BCUT2D eigenvalue weighted by Gasteiger charge is 2.67. The Labute approximate surface area is 195 Å². The Hall–Kier alpha value is -2.63. The maximum Gasteiger partial charge on any atom is 0.254 e. The minimum Gasteiger partial charge on any atom is -0.488 e. The maximum absolute atomic E-state index is 13.1. The van der Waals surface area contributed by atoms with Gasteiger partial charge < -0.3 is 4.74 Å². The molecule has 0 N–H and O–H groups in total. The number of amides is 2. The van der Waals surface area contributed by atoms with Gasteiger partial charge in [-0.1, -0.05) is 53.6 Å². The van der Waals surface area contributed by atoms with Crippen molar-refractivity contribution in [3.8, 4) is 5.75 Å². The molecule has 0 spiro atoms. The van der Waals surface area contributed by atoms with E-state index in [-0.39, 0.29) is 42.1 Å². The van der Waals surface area contributed by atoms with Crippen LogP contribution in [0.2, 0.25) is 10.0 Å². The van der Waals surface area contributed by atoms with Crippen LogP contribution in [0.5, 0.6) is 5.75 Å². The van der Waals surface area contributed by atoms with Gasteiger partial charge in [0.2, 0.25) is 0 Å². The highest BCUT2D eigenvalue weighted by molar-refractivity contribution is 6.35. The van der Waals surface area contributed by atoms with Gasteiger partial charge in [-0.2, -0.15) is 10.1 Å². The van der Waals surface area contributed by atoms with Crippen LogP contribution in [0.25, 0.3) is 0 Å². The molecule has 2 aromatic carbocycles. The summed E-state index contributed by atoms with van der Waals surface area (Å²) in [6, 6.07) is 12.6. The molecule has 2 saturated carbocycles. The summed E-state index contributed by atoms with van der Waals surface area (Å²) >= 11 is 12.2. The topological polar surface area (TPSA) is 59.0 Å². The lowest BCUT2D eigenvalue weighted by atomic mass is 9.63. The number of rotatable bonds is 5. The first-order chi connectivity index (χ1) is 15.5. The highest BCUT2D eigenvalue weighted by Crippen LogP contribution is 2.65. The summed E-state index contributed by atoms with van der Waals surface area (Å²) in [5, 5.41) is 6.49. The second kappa shape index (κ2) is 7.46. The van der Waals surface area contributed by atoms with Crippen LogP contribution in [0.1, 0.15) is 17.5 Å². The third-order valence-corrected chi connectivity index (χ3v) is 7.86. The van der Waals surface area contributed by atoms with Crippen molar-refractivity contribution in [2.24, 2.45) is 40.6 Å². The van der Waals surface area contributed by atoms with Crippen molar-refractivity contribution in [1.82, 2.24) is 5.01 Å². The third kappa shape index (κ3) is 3.10. The number of carbonyl (C=O) groups excluding carboxylic acids is 2. The summed E-state index contributed by atoms with van der Waals surface area (Å²) in [5.41, 5.74) is 1.48. The van der Waals surface area contributed by atoms with Gasteiger partial charge >= 0.3 is 0 Å². The lowest BCUT2D eigenvalue weighted by Crippen LogP contribution is -2.40. The van der Waals surface area contributed by atoms with Gasteiger partial charge in [0.15, 0.2) is 0 Å². The van der Waals surface area contributed by atoms with Crippen LogP contribution < -0.4 is 4.74 Å².